The quantitative estimate of drug-likeness (QED) is 0.721. The van der Waals surface area contributed by atoms with Gasteiger partial charge in [-0.05, 0) is 37.3 Å². The molecule has 0 atom stereocenters. The average molecular weight is 256 g/mol. The van der Waals surface area contributed by atoms with Crippen molar-refractivity contribution in [3.63, 3.8) is 0 Å². The number of aromatic nitrogens is 1. The molecule has 0 aromatic carbocycles. The second kappa shape index (κ2) is 7.40. The third kappa shape index (κ3) is 6.38. The van der Waals surface area contributed by atoms with Gasteiger partial charge in [0.1, 0.15) is 0 Å². The van der Waals surface area contributed by atoms with Crippen molar-refractivity contribution in [2.45, 2.75) is 32.6 Å². The number of pyridine rings is 1. The van der Waals surface area contributed by atoms with Gasteiger partial charge < -0.3 is 0 Å². The van der Waals surface area contributed by atoms with Gasteiger partial charge in [-0.1, -0.05) is 13.0 Å². The lowest BCUT2D eigenvalue weighted by molar-refractivity contribution is 0.575. The summed E-state index contributed by atoms with van der Waals surface area (Å²) in [6.07, 6.45) is 7.04. The van der Waals surface area contributed by atoms with Crippen molar-refractivity contribution in [1.82, 2.24) is 9.71 Å². The maximum Gasteiger partial charge on any atom is 0.211 e. The van der Waals surface area contributed by atoms with E-state index in [1.807, 2.05) is 25.3 Å². The number of unbranched alkanes of at least 4 members (excludes halogenated alkanes) is 1. The molecule has 0 fully saturated rings. The van der Waals surface area contributed by atoms with Crippen LogP contribution in [-0.4, -0.2) is 25.7 Å². The first-order valence-electron chi connectivity index (χ1n) is 6.00. The SMILES string of the molecule is CCCS(=O)(=O)NCCCCc1cccnc1. The molecule has 1 aromatic rings. The lowest BCUT2D eigenvalue weighted by Crippen LogP contribution is -2.27. The van der Waals surface area contributed by atoms with Gasteiger partial charge in [0.25, 0.3) is 0 Å². The Morgan fingerprint density at radius 3 is 2.82 bits per heavy atom. The van der Waals surface area contributed by atoms with Gasteiger partial charge in [0.15, 0.2) is 0 Å². The summed E-state index contributed by atoms with van der Waals surface area (Å²) in [7, 11) is -3.04. The number of aryl methyl sites for hydroxylation is 1. The molecule has 1 rings (SSSR count). The molecule has 5 heteroatoms. The minimum atomic E-state index is -3.04. The monoisotopic (exact) mass is 256 g/mol. The van der Waals surface area contributed by atoms with Gasteiger partial charge in [-0.15, -0.1) is 0 Å². The van der Waals surface area contributed by atoms with Crippen molar-refractivity contribution in [2.75, 3.05) is 12.3 Å². The highest BCUT2D eigenvalue weighted by molar-refractivity contribution is 7.89. The molecular formula is C12H20N2O2S. The molecule has 4 nitrogen and oxygen atoms in total. The molecule has 0 aliphatic heterocycles. The Morgan fingerprint density at radius 1 is 1.35 bits per heavy atom. The number of nitrogens with one attached hydrogen (secondary N) is 1. The smallest absolute Gasteiger partial charge is 0.211 e. The first kappa shape index (κ1) is 14.1. The zero-order chi connectivity index (χ0) is 12.6. The minimum absolute atomic E-state index is 0.218. The van der Waals surface area contributed by atoms with Gasteiger partial charge in [0.2, 0.25) is 10.0 Å². The largest absolute Gasteiger partial charge is 0.264 e. The van der Waals surface area contributed by atoms with E-state index in [-0.39, 0.29) is 5.75 Å². The average Bonchev–Trinajstić information content (AvgIpc) is 2.30. The Morgan fingerprint density at radius 2 is 2.18 bits per heavy atom. The van der Waals surface area contributed by atoms with Crippen molar-refractivity contribution in [2.24, 2.45) is 0 Å². The molecule has 1 heterocycles. The van der Waals surface area contributed by atoms with Crippen LogP contribution in [0.3, 0.4) is 0 Å². The fraction of sp³-hybridized carbons (Fsp3) is 0.583. The topological polar surface area (TPSA) is 59.1 Å². The molecule has 0 aliphatic rings. The summed E-state index contributed by atoms with van der Waals surface area (Å²) in [5.74, 6) is 0.218. The van der Waals surface area contributed by atoms with Crippen LogP contribution in [0, 0.1) is 0 Å². The second-order valence-electron chi connectivity index (χ2n) is 4.03. The first-order chi connectivity index (χ1) is 8.14. The molecule has 1 N–H and O–H groups in total. The highest BCUT2D eigenvalue weighted by Gasteiger charge is 2.06. The van der Waals surface area contributed by atoms with E-state index in [0.29, 0.717) is 13.0 Å². The Balaban J connectivity index is 2.13. The molecule has 0 saturated carbocycles. The molecule has 0 aliphatic carbocycles. The van der Waals surface area contributed by atoms with Crippen LogP contribution in [-0.2, 0) is 16.4 Å². The van der Waals surface area contributed by atoms with Crippen LogP contribution >= 0.6 is 0 Å². The summed E-state index contributed by atoms with van der Waals surface area (Å²) >= 11 is 0. The predicted octanol–water partition coefficient (Wildman–Crippen LogP) is 1.73. The van der Waals surface area contributed by atoms with Crippen LogP contribution < -0.4 is 4.72 Å². The van der Waals surface area contributed by atoms with Crippen molar-refractivity contribution in [3.05, 3.63) is 30.1 Å². The van der Waals surface area contributed by atoms with E-state index in [0.717, 1.165) is 19.3 Å². The standard InChI is InChI=1S/C12H20N2O2S/c1-2-10-17(15,16)14-9-4-3-6-12-7-5-8-13-11-12/h5,7-8,11,14H,2-4,6,9-10H2,1H3. The Kier molecular flexibility index (Phi) is 6.15. The van der Waals surface area contributed by atoms with Crippen molar-refractivity contribution in [1.29, 1.82) is 0 Å². The lowest BCUT2D eigenvalue weighted by Gasteiger charge is -2.05. The molecule has 0 amide bonds. The zero-order valence-electron chi connectivity index (χ0n) is 10.2. The fourth-order valence-corrected chi connectivity index (χ4v) is 2.71. The number of rotatable bonds is 8. The number of hydrogen-bond acceptors (Lipinski definition) is 3. The van der Waals surface area contributed by atoms with E-state index in [9.17, 15) is 8.42 Å². The number of hydrogen-bond donors (Lipinski definition) is 1. The van der Waals surface area contributed by atoms with Gasteiger partial charge in [0.05, 0.1) is 5.75 Å². The summed E-state index contributed by atoms with van der Waals surface area (Å²) in [5, 5.41) is 0. The van der Waals surface area contributed by atoms with Crippen LogP contribution in [0.15, 0.2) is 24.5 Å². The van der Waals surface area contributed by atoms with E-state index < -0.39 is 10.0 Å². The number of sulfonamides is 1. The normalized spacial score (nSPS) is 11.6. The maximum atomic E-state index is 11.3. The van der Waals surface area contributed by atoms with Crippen LogP contribution in [0.25, 0.3) is 0 Å². The maximum absolute atomic E-state index is 11.3. The van der Waals surface area contributed by atoms with Crippen LogP contribution in [0.5, 0.6) is 0 Å². The summed E-state index contributed by atoms with van der Waals surface area (Å²) in [4.78, 5) is 4.04. The van der Waals surface area contributed by atoms with Crippen molar-refractivity contribution < 1.29 is 8.42 Å². The zero-order valence-corrected chi connectivity index (χ0v) is 11.0. The van der Waals surface area contributed by atoms with Crippen molar-refractivity contribution in [3.8, 4) is 0 Å². The van der Waals surface area contributed by atoms with Crippen LogP contribution in [0.2, 0.25) is 0 Å². The minimum Gasteiger partial charge on any atom is -0.264 e. The van der Waals surface area contributed by atoms with Crippen LogP contribution in [0.1, 0.15) is 31.7 Å². The van der Waals surface area contributed by atoms with Gasteiger partial charge in [-0.3, -0.25) is 4.98 Å². The Labute approximate surface area is 104 Å². The highest BCUT2D eigenvalue weighted by atomic mass is 32.2. The van der Waals surface area contributed by atoms with Gasteiger partial charge in [0, 0.05) is 18.9 Å². The fourth-order valence-electron chi connectivity index (χ4n) is 1.57. The molecule has 0 unspecified atom stereocenters. The molecule has 0 bridgehead atoms. The van der Waals surface area contributed by atoms with Gasteiger partial charge in [-0.25, -0.2) is 13.1 Å². The summed E-state index contributed by atoms with van der Waals surface area (Å²) in [5.41, 5.74) is 1.20. The van der Waals surface area contributed by atoms with E-state index in [2.05, 4.69) is 9.71 Å². The first-order valence-corrected chi connectivity index (χ1v) is 7.65. The van der Waals surface area contributed by atoms with Gasteiger partial charge in [-0.2, -0.15) is 0 Å². The third-order valence-electron chi connectivity index (χ3n) is 2.41. The number of nitrogens with zero attached hydrogens (tertiary/aromatic N) is 1. The van der Waals surface area contributed by atoms with E-state index in [1.165, 1.54) is 5.56 Å². The highest BCUT2D eigenvalue weighted by Crippen LogP contribution is 2.02. The Hall–Kier alpha value is -0.940. The van der Waals surface area contributed by atoms with E-state index >= 15 is 0 Å². The molecular weight excluding hydrogens is 236 g/mol. The molecule has 1 aromatic heterocycles. The summed E-state index contributed by atoms with van der Waals surface area (Å²) < 4.78 is 25.3. The molecule has 0 radical (unpaired) electrons. The van der Waals surface area contributed by atoms with Crippen LogP contribution in [0.4, 0.5) is 0 Å². The van der Waals surface area contributed by atoms with Crippen molar-refractivity contribution >= 4 is 10.0 Å². The molecule has 96 valence electrons. The molecule has 17 heavy (non-hydrogen) atoms. The van der Waals surface area contributed by atoms with E-state index in [1.54, 1.807) is 6.20 Å². The van der Waals surface area contributed by atoms with E-state index in [4.69, 9.17) is 0 Å². The second-order valence-corrected chi connectivity index (χ2v) is 5.96. The Bertz CT molecular complexity index is 404. The lowest BCUT2D eigenvalue weighted by atomic mass is 10.1. The summed E-state index contributed by atoms with van der Waals surface area (Å²) in [6, 6.07) is 3.95. The van der Waals surface area contributed by atoms with Gasteiger partial charge >= 0.3 is 0 Å². The third-order valence-corrected chi connectivity index (χ3v) is 4.00. The summed E-state index contributed by atoms with van der Waals surface area (Å²) in [6.45, 7) is 2.39. The molecule has 0 spiro atoms. The predicted molar refractivity (Wildman–Crippen MR) is 69.3 cm³/mol. The molecule has 0 saturated heterocycles.